The predicted molar refractivity (Wildman–Crippen MR) is 201 cm³/mol. The van der Waals surface area contributed by atoms with Crippen LogP contribution in [0.4, 0.5) is 22.7 Å². The molecule has 0 bridgehead atoms. The monoisotopic (exact) mass is 668 g/mol. The fourth-order valence-corrected chi connectivity index (χ4v) is 7.07. The molecule has 0 aliphatic carbocycles. The average Bonchev–Trinajstić information content (AvgIpc) is 3.53. The third-order valence-corrected chi connectivity index (χ3v) is 10.0. The lowest BCUT2D eigenvalue weighted by atomic mass is 9.92. The van der Waals surface area contributed by atoms with Crippen LogP contribution in [0.1, 0.15) is 58.1 Å². The molecular weight excluding hydrogens is 636 g/mol. The zero-order valence-electron chi connectivity index (χ0n) is 28.2. The average molecular weight is 669 g/mol. The van der Waals surface area contributed by atoms with Crippen molar-refractivity contribution in [1.82, 2.24) is 0 Å². The van der Waals surface area contributed by atoms with E-state index in [4.69, 9.17) is 11.5 Å². The zero-order chi connectivity index (χ0) is 35.7. The van der Waals surface area contributed by atoms with E-state index >= 15 is 0 Å². The normalized spacial score (nSPS) is 13.6. The molecule has 0 saturated carbocycles. The van der Waals surface area contributed by atoms with Crippen molar-refractivity contribution in [3.63, 3.8) is 0 Å². The standard InChI is InChI=1S/C43H32N4O4/c1-23-20-32(46-40(48)35-15-8-28(21-37(35)42(46)50)26-4-10-30(44)11-5-26)14-17-33(23)34-18-19-39(25(3)24(34)2)47-41(49)36-16-9-29(22-38(36)43(47)51)27-6-12-31(45)13-7-27/h4-22H,44-45H2,1-3H3. The van der Waals surface area contributed by atoms with Gasteiger partial charge in [0, 0.05) is 11.4 Å². The molecule has 51 heavy (non-hydrogen) atoms. The minimum absolute atomic E-state index is 0.354. The number of hydrogen-bond donors (Lipinski definition) is 2. The second-order valence-corrected chi connectivity index (χ2v) is 13.0. The summed E-state index contributed by atoms with van der Waals surface area (Å²) in [5.41, 5.74) is 23.2. The van der Waals surface area contributed by atoms with Crippen molar-refractivity contribution in [2.75, 3.05) is 21.3 Å². The second-order valence-electron chi connectivity index (χ2n) is 13.0. The molecule has 0 atom stereocenters. The smallest absolute Gasteiger partial charge is 0.266 e. The molecule has 0 radical (unpaired) electrons. The number of carbonyl (C=O) groups is 4. The summed E-state index contributed by atoms with van der Waals surface area (Å²) in [6, 6.07) is 34.5. The minimum atomic E-state index is -0.377. The van der Waals surface area contributed by atoms with Crippen LogP contribution in [-0.2, 0) is 0 Å². The summed E-state index contributed by atoms with van der Waals surface area (Å²) in [6.07, 6.45) is 0. The van der Waals surface area contributed by atoms with Gasteiger partial charge in [-0.05, 0) is 138 Å². The van der Waals surface area contributed by atoms with E-state index in [0.29, 0.717) is 45.0 Å². The van der Waals surface area contributed by atoms with Crippen LogP contribution in [0.25, 0.3) is 33.4 Å². The first-order valence-corrected chi connectivity index (χ1v) is 16.5. The van der Waals surface area contributed by atoms with Gasteiger partial charge >= 0.3 is 0 Å². The van der Waals surface area contributed by atoms with Crippen LogP contribution in [0, 0.1) is 20.8 Å². The predicted octanol–water partition coefficient (Wildman–Crippen LogP) is 8.38. The van der Waals surface area contributed by atoms with Gasteiger partial charge in [-0.15, -0.1) is 0 Å². The van der Waals surface area contributed by atoms with Crippen LogP contribution in [-0.4, -0.2) is 23.6 Å². The van der Waals surface area contributed by atoms with Crippen molar-refractivity contribution < 1.29 is 19.2 Å². The molecule has 2 aliphatic heterocycles. The number of fused-ring (bicyclic) bond motifs is 2. The first-order chi connectivity index (χ1) is 24.5. The quantitative estimate of drug-likeness (QED) is 0.140. The van der Waals surface area contributed by atoms with Gasteiger partial charge in [0.05, 0.1) is 33.6 Å². The molecule has 8 heteroatoms. The van der Waals surface area contributed by atoms with Gasteiger partial charge in [0.2, 0.25) is 0 Å². The Labute approximate surface area is 294 Å². The molecule has 248 valence electrons. The fraction of sp³-hybridized carbons (Fsp3) is 0.0698. The molecule has 0 fully saturated rings. The van der Waals surface area contributed by atoms with Crippen LogP contribution in [0.5, 0.6) is 0 Å². The number of amides is 4. The molecule has 0 saturated heterocycles. The lowest BCUT2D eigenvalue weighted by Gasteiger charge is -2.21. The summed E-state index contributed by atoms with van der Waals surface area (Å²) >= 11 is 0. The number of nitrogens with zero attached hydrogens (tertiary/aromatic N) is 2. The zero-order valence-corrected chi connectivity index (χ0v) is 28.2. The maximum atomic E-state index is 13.7. The van der Waals surface area contributed by atoms with Crippen molar-refractivity contribution in [2.24, 2.45) is 0 Å². The summed E-state index contributed by atoms with van der Waals surface area (Å²) in [7, 11) is 0. The molecule has 4 amide bonds. The molecule has 2 aliphatic rings. The van der Waals surface area contributed by atoms with Crippen molar-refractivity contribution in [3.05, 3.63) is 154 Å². The fourth-order valence-electron chi connectivity index (χ4n) is 7.07. The van der Waals surface area contributed by atoms with Gasteiger partial charge in [-0.2, -0.15) is 0 Å². The highest BCUT2D eigenvalue weighted by Gasteiger charge is 2.39. The van der Waals surface area contributed by atoms with Gasteiger partial charge < -0.3 is 11.5 Å². The van der Waals surface area contributed by atoms with Gasteiger partial charge in [-0.1, -0.05) is 48.5 Å². The van der Waals surface area contributed by atoms with Gasteiger partial charge in [0.25, 0.3) is 23.6 Å². The van der Waals surface area contributed by atoms with Crippen molar-refractivity contribution >= 4 is 46.4 Å². The lowest BCUT2D eigenvalue weighted by molar-refractivity contribution is 0.0910. The van der Waals surface area contributed by atoms with Gasteiger partial charge in [-0.3, -0.25) is 19.2 Å². The summed E-state index contributed by atoms with van der Waals surface area (Å²) < 4.78 is 0. The second kappa shape index (κ2) is 11.7. The van der Waals surface area contributed by atoms with Crippen LogP contribution in [0.3, 0.4) is 0 Å². The molecule has 2 heterocycles. The van der Waals surface area contributed by atoms with E-state index in [1.165, 1.54) is 9.80 Å². The number of carbonyl (C=O) groups excluding carboxylic acids is 4. The number of nitrogens with two attached hydrogens (primary N) is 2. The SMILES string of the molecule is Cc1cc(N2C(=O)c3ccc(-c4ccc(N)cc4)cc3C2=O)ccc1-c1ccc(N2C(=O)c3ccc(-c4ccc(N)cc4)cc3C2=O)c(C)c1C. The highest BCUT2D eigenvalue weighted by Crippen LogP contribution is 2.39. The first-order valence-electron chi connectivity index (χ1n) is 16.5. The van der Waals surface area contributed by atoms with Crippen molar-refractivity contribution in [2.45, 2.75) is 20.8 Å². The highest BCUT2D eigenvalue weighted by molar-refractivity contribution is 6.35. The Kier molecular flexibility index (Phi) is 7.20. The Morgan fingerprint density at radius 3 is 1.35 bits per heavy atom. The lowest BCUT2D eigenvalue weighted by Crippen LogP contribution is -2.30. The molecule has 6 aromatic carbocycles. The van der Waals surface area contributed by atoms with Crippen LogP contribution < -0.4 is 21.3 Å². The van der Waals surface area contributed by atoms with E-state index in [1.807, 2.05) is 75.4 Å². The summed E-state index contributed by atoms with van der Waals surface area (Å²) in [4.78, 5) is 56.9. The topological polar surface area (TPSA) is 127 Å². The maximum Gasteiger partial charge on any atom is 0.266 e. The molecule has 0 unspecified atom stereocenters. The Balaban J connectivity index is 1.07. The Morgan fingerprint density at radius 2 is 0.824 bits per heavy atom. The molecular formula is C43H32N4O4. The first kappa shape index (κ1) is 31.5. The molecule has 8 rings (SSSR count). The van der Waals surface area contributed by atoms with Crippen LogP contribution in [0.2, 0.25) is 0 Å². The van der Waals surface area contributed by atoms with Gasteiger partial charge in [0.15, 0.2) is 0 Å². The number of anilines is 4. The van der Waals surface area contributed by atoms with Crippen molar-refractivity contribution in [1.29, 1.82) is 0 Å². The van der Waals surface area contributed by atoms with Gasteiger partial charge in [0.1, 0.15) is 0 Å². The number of aryl methyl sites for hydroxylation is 1. The Hall–Kier alpha value is -6.80. The summed E-state index contributed by atoms with van der Waals surface area (Å²) in [5.74, 6) is -1.48. The summed E-state index contributed by atoms with van der Waals surface area (Å²) in [5, 5.41) is 0. The number of benzene rings is 6. The van der Waals surface area contributed by atoms with Crippen LogP contribution in [0.15, 0.2) is 115 Å². The number of hydrogen-bond acceptors (Lipinski definition) is 6. The third-order valence-electron chi connectivity index (χ3n) is 10.0. The number of nitrogen functional groups attached to an aromatic ring is 2. The van der Waals surface area contributed by atoms with E-state index in [-0.39, 0.29) is 23.6 Å². The van der Waals surface area contributed by atoms with E-state index in [2.05, 4.69) is 0 Å². The highest BCUT2D eigenvalue weighted by atomic mass is 16.2. The Morgan fingerprint density at radius 1 is 0.392 bits per heavy atom. The third kappa shape index (κ3) is 4.99. The molecule has 6 aromatic rings. The maximum absolute atomic E-state index is 13.7. The van der Waals surface area contributed by atoms with Crippen molar-refractivity contribution in [3.8, 4) is 33.4 Å². The van der Waals surface area contributed by atoms with Crippen LogP contribution >= 0.6 is 0 Å². The van der Waals surface area contributed by atoms with E-state index in [1.54, 1.807) is 60.7 Å². The molecule has 4 N–H and O–H groups in total. The minimum Gasteiger partial charge on any atom is -0.399 e. The largest absolute Gasteiger partial charge is 0.399 e. The Bertz CT molecular complexity index is 2500. The number of imide groups is 2. The van der Waals surface area contributed by atoms with Gasteiger partial charge in [-0.25, -0.2) is 9.80 Å². The number of rotatable bonds is 5. The van der Waals surface area contributed by atoms with E-state index < -0.39 is 0 Å². The van der Waals surface area contributed by atoms with E-state index in [0.717, 1.165) is 50.1 Å². The van der Waals surface area contributed by atoms with E-state index in [9.17, 15) is 19.2 Å². The molecule has 0 spiro atoms. The molecule has 0 aromatic heterocycles. The molecule has 8 nitrogen and oxygen atoms in total. The summed E-state index contributed by atoms with van der Waals surface area (Å²) in [6.45, 7) is 5.79.